The van der Waals surface area contributed by atoms with Gasteiger partial charge in [-0.25, -0.2) is 0 Å². The highest BCUT2D eigenvalue weighted by molar-refractivity contribution is 5.91. The van der Waals surface area contributed by atoms with Crippen LogP contribution in [0.1, 0.15) is 24.0 Å². The van der Waals surface area contributed by atoms with Crippen LogP contribution in [-0.4, -0.2) is 69.8 Å². The van der Waals surface area contributed by atoms with Crippen molar-refractivity contribution in [2.24, 2.45) is 0 Å². The Morgan fingerprint density at radius 2 is 1.61 bits per heavy atom. The number of hydrogen-bond acceptors (Lipinski definition) is 7. The SMILES string of the molecule is COc1cc(NC(=O)CCN2CCCN(Cc3ccc(C#N)cc3)CC2)cc(OC)c1OC. The van der Waals surface area contributed by atoms with Crippen LogP contribution in [0.15, 0.2) is 36.4 Å². The molecule has 1 amide bonds. The van der Waals surface area contributed by atoms with E-state index in [2.05, 4.69) is 21.2 Å². The Hall–Kier alpha value is -3.28. The summed E-state index contributed by atoms with van der Waals surface area (Å²) in [5.74, 6) is 1.44. The fourth-order valence-electron chi connectivity index (χ4n) is 3.99. The number of rotatable bonds is 9. The number of amides is 1. The summed E-state index contributed by atoms with van der Waals surface area (Å²) in [6.07, 6.45) is 1.47. The summed E-state index contributed by atoms with van der Waals surface area (Å²) in [5, 5.41) is 11.9. The predicted molar refractivity (Wildman–Crippen MR) is 127 cm³/mol. The fourth-order valence-corrected chi connectivity index (χ4v) is 3.99. The normalized spacial score (nSPS) is 14.7. The van der Waals surface area contributed by atoms with Crippen molar-refractivity contribution in [2.75, 3.05) is 59.4 Å². The zero-order valence-electron chi connectivity index (χ0n) is 19.6. The summed E-state index contributed by atoms with van der Waals surface area (Å²) in [6.45, 7) is 5.46. The number of nitriles is 1. The maximum atomic E-state index is 12.6. The third-order valence-corrected chi connectivity index (χ3v) is 5.77. The van der Waals surface area contributed by atoms with Gasteiger partial charge < -0.3 is 24.4 Å². The van der Waals surface area contributed by atoms with Crippen molar-refractivity contribution < 1.29 is 19.0 Å². The van der Waals surface area contributed by atoms with Gasteiger partial charge in [0.05, 0.1) is 33.0 Å². The van der Waals surface area contributed by atoms with Crippen LogP contribution >= 0.6 is 0 Å². The molecule has 8 heteroatoms. The standard InChI is InChI=1S/C25H32N4O4/c1-31-22-15-21(16-23(32-2)25(22)33-3)27-24(30)9-12-28-10-4-11-29(14-13-28)18-20-7-5-19(17-26)6-8-20/h5-8,15-16H,4,9-14,18H2,1-3H3,(H,27,30). The van der Waals surface area contributed by atoms with Crippen LogP contribution in [0.3, 0.4) is 0 Å². The minimum absolute atomic E-state index is 0.0528. The van der Waals surface area contributed by atoms with Gasteiger partial charge in [0.1, 0.15) is 0 Å². The first kappa shape index (κ1) is 24.4. The Morgan fingerprint density at radius 1 is 0.970 bits per heavy atom. The van der Waals surface area contributed by atoms with Gasteiger partial charge in [-0.1, -0.05) is 12.1 Å². The molecule has 2 aromatic rings. The average Bonchev–Trinajstić information content (AvgIpc) is 3.07. The molecule has 33 heavy (non-hydrogen) atoms. The fraction of sp³-hybridized carbons (Fsp3) is 0.440. The first-order chi connectivity index (χ1) is 16.1. The second-order valence-corrected chi connectivity index (χ2v) is 7.99. The van der Waals surface area contributed by atoms with Crippen molar-refractivity contribution in [3.05, 3.63) is 47.5 Å². The Bertz CT molecular complexity index is 946. The van der Waals surface area contributed by atoms with E-state index in [9.17, 15) is 4.79 Å². The van der Waals surface area contributed by atoms with Gasteiger partial charge in [-0.3, -0.25) is 9.69 Å². The monoisotopic (exact) mass is 452 g/mol. The van der Waals surface area contributed by atoms with Crippen molar-refractivity contribution in [3.63, 3.8) is 0 Å². The highest BCUT2D eigenvalue weighted by Gasteiger charge is 2.17. The van der Waals surface area contributed by atoms with E-state index in [0.717, 1.165) is 39.1 Å². The lowest BCUT2D eigenvalue weighted by Crippen LogP contribution is -2.32. The van der Waals surface area contributed by atoms with Crippen molar-refractivity contribution >= 4 is 11.6 Å². The van der Waals surface area contributed by atoms with Crippen molar-refractivity contribution in [1.82, 2.24) is 9.80 Å². The maximum Gasteiger partial charge on any atom is 0.225 e. The zero-order valence-corrected chi connectivity index (χ0v) is 19.6. The summed E-state index contributed by atoms with van der Waals surface area (Å²) in [6, 6.07) is 13.4. The molecule has 0 bridgehead atoms. The lowest BCUT2D eigenvalue weighted by atomic mass is 10.1. The molecule has 1 aliphatic heterocycles. The molecule has 1 saturated heterocycles. The van der Waals surface area contributed by atoms with E-state index in [-0.39, 0.29) is 5.91 Å². The van der Waals surface area contributed by atoms with Crippen LogP contribution in [0.5, 0.6) is 17.2 Å². The molecule has 8 nitrogen and oxygen atoms in total. The van der Waals surface area contributed by atoms with E-state index in [4.69, 9.17) is 19.5 Å². The molecule has 2 aromatic carbocycles. The second kappa shape index (κ2) is 12.1. The third-order valence-electron chi connectivity index (χ3n) is 5.77. The number of benzene rings is 2. The Balaban J connectivity index is 1.48. The molecule has 3 rings (SSSR count). The molecule has 1 N–H and O–H groups in total. The molecule has 1 fully saturated rings. The summed E-state index contributed by atoms with van der Waals surface area (Å²) in [4.78, 5) is 17.3. The number of nitrogens with zero attached hydrogens (tertiary/aromatic N) is 3. The summed E-state index contributed by atoms with van der Waals surface area (Å²) >= 11 is 0. The Labute approximate surface area is 195 Å². The molecular formula is C25H32N4O4. The second-order valence-electron chi connectivity index (χ2n) is 7.99. The topological polar surface area (TPSA) is 87.1 Å². The van der Waals surface area contributed by atoms with Crippen LogP contribution in [0, 0.1) is 11.3 Å². The molecule has 0 saturated carbocycles. The van der Waals surface area contributed by atoms with Gasteiger partial charge in [-0.05, 0) is 37.2 Å². The summed E-state index contributed by atoms with van der Waals surface area (Å²) < 4.78 is 16.0. The molecule has 176 valence electrons. The number of carbonyl (C=O) groups is 1. The predicted octanol–water partition coefficient (Wildman–Crippen LogP) is 3.12. The van der Waals surface area contributed by atoms with E-state index in [0.29, 0.717) is 41.5 Å². The van der Waals surface area contributed by atoms with E-state index in [1.807, 2.05) is 24.3 Å². The maximum absolute atomic E-state index is 12.6. The molecule has 0 aliphatic carbocycles. The van der Waals surface area contributed by atoms with Gasteiger partial charge in [0.15, 0.2) is 11.5 Å². The molecular weight excluding hydrogens is 420 g/mol. The average molecular weight is 453 g/mol. The van der Waals surface area contributed by atoms with Crippen molar-refractivity contribution in [3.8, 4) is 23.3 Å². The number of methoxy groups -OCH3 is 3. The van der Waals surface area contributed by atoms with Crippen molar-refractivity contribution in [2.45, 2.75) is 19.4 Å². The van der Waals surface area contributed by atoms with Crippen LogP contribution in [0.2, 0.25) is 0 Å². The van der Waals surface area contributed by atoms with Gasteiger partial charge in [0.2, 0.25) is 11.7 Å². The minimum Gasteiger partial charge on any atom is -0.493 e. The molecule has 1 heterocycles. The molecule has 0 unspecified atom stereocenters. The number of anilines is 1. The van der Waals surface area contributed by atoms with Crippen molar-refractivity contribution in [1.29, 1.82) is 5.26 Å². The largest absolute Gasteiger partial charge is 0.493 e. The molecule has 0 radical (unpaired) electrons. The van der Waals surface area contributed by atoms with Crippen LogP contribution < -0.4 is 19.5 Å². The number of ether oxygens (including phenoxy) is 3. The quantitative estimate of drug-likeness (QED) is 0.625. The van der Waals surface area contributed by atoms with Gasteiger partial charge in [-0.2, -0.15) is 5.26 Å². The van der Waals surface area contributed by atoms with E-state index in [1.54, 1.807) is 33.5 Å². The lowest BCUT2D eigenvalue weighted by molar-refractivity contribution is -0.116. The van der Waals surface area contributed by atoms with Crippen LogP contribution in [0.4, 0.5) is 5.69 Å². The minimum atomic E-state index is -0.0528. The van der Waals surface area contributed by atoms with E-state index >= 15 is 0 Å². The van der Waals surface area contributed by atoms with E-state index < -0.39 is 0 Å². The van der Waals surface area contributed by atoms with E-state index in [1.165, 1.54) is 5.56 Å². The molecule has 1 aliphatic rings. The van der Waals surface area contributed by atoms with Crippen LogP contribution in [-0.2, 0) is 11.3 Å². The summed E-state index contributed by atoms with van der Waals surface area (Å²) in [7, 11) is 4.64. The highest BCUT2D eigenvalue weighted by atomic mass is 16.5. The Kier molecular flexibility index (Phi) is 8.93. The van der Waals surface area contributed by atoms with Gasteiger partial charge in [0.25, 0.3) is 0 Å². The number of hydrogen-bond donors (Lipinski definition) is 1. The zero-order chi connectivity index (χ0) is 23.6. The molecule has 0 aromatic heterocycles. The Morgan fingerprint density at radius 3 is 2.21 bits per heavy atom. The van der Waals surface area contributed by atoms with Gasteiger partial charge in [0, 0.05) is 50.4 Å². The van der Waals surface area contributed by atoms with Gasteiger partial charge >= 0.3 is 0 Å². The first-order valence-corrected chi connectivity index (χ1v) is 11.1. The molecule has 0 spiro atoms. The van der Waals surface area contributed by atoms with Crippen LogP contribution in [0.25, 0.3) is 0 Å². The summed E-state index contributed by atoms with van der Waals surface area (Å²) in [5.41, 5.74) is 2.51. The first-order valence-electron chi connectivity index (χ1n) is 11.1. The van der Waals surface area contributed by atoms with Gasteiger partial charge in [-0.15, -0.1) is 0 Å². The third kappa shape index (κ3) is 6.85. The highest BCUT2D eigenvalue weighted by Crippen LogP contribution is 2.39. The lowest BCUT2D eigenvalue weighted by Gasteiger charge is -2.22. The number of carbonyl (C=O) groups excluding carboxylic acids is 1. The molecule has 0 atom stereocenters. The smallest absolute Gasteiger partial charge is 0.225 e. The number of nitrogens with one attached hydrogen (secondary N) is 1.